The van der Waals surface area contributed by atoms with E-state index in [9.17, 15) is 13.2 Å². The Morgan fingerprint density at radius 2 is 1.50 bits per heavy atom. The van der Waals surface area contributed by atoms with E-state index in [0.717, 1.165) is 10.6 Å². The molecule has 0 aromatic heterocycles. The summed E-state index contributed by atoms with van der Waals surface area (Å²) < 4.78 is 24.8. The number of likely N-dealkylation sites (N-methyl/N-ethyl adjacent to an activating group) is 1. The Labute approximate surface area is 130 Å². The second kappa shape index (κ2) is 6.72. The van der Waals surface area contributed by atoms with Crippen LogP contribution in [0.3, 0.4) is 0 Å². The fraction of sp³-hybridized carbons (Fsp3) is 0.188. The number of nitrogens with zero attached hydrogens (tertiary/aromatic N) is 1. The van der Waals surface area contributed by atoms with Crippen LogP contribution in [0, 0.1) is 0 Å². The van der Waals surface area contributed by atoms with Gasteiger partial charge in [-0.2, -0.15) is 4.31 Å². The molecule has 1 atom stereocenters. The topological polar surface area (TPSA) is 66.5 Å². The molecule has 2 aromatic rings. The van der Waals surface area contributed by atoms with Crippen LogP contribution in [0.15, 0.2) is 60.7 Å². The number of hydrogen-bond acceptors (Lipinski definition) is 3. The minimum atomic E-state index is -3.51. The zero-order chi connectivity index (χ0) is 16.2. The van der Waals surface area contributed by atoms with E-state index in [1.54, 1.807) is 48.5 Å². The van der Waals surface area contributed by atoms with Gasteiger partial charge in [0.2, 0.25) is 15.9 Å². The van der Waals surface area contributed by atoms with E-state index in [4.69, 9.17) is 0 Å². The molecule has 0 unspecified atom stereocenters. The molecule has 0 heterocycles. The number of sulfonamides is 1. The van der Waals surface area contributed by atoms with Gasteiger partial charge < -0.3 is 5.32 Å². The summed E-state index contributed by atoms with van der Waals surface area (Å²) in [5.41, 5.74) is 1.24. The smallest absolute Gasteiger partial charge is 0.247 e. The monoisotopic (exact) mass is 318 g/mol. The maximum absolute atomic E-state index is 12.6. The van der Waals surface area contributed by atoms with Gasteiger partial charge in [-0.1, -0.05) is 48.5 Å². The minimum Gasteiger partial charge on any atom is -0.324 e. The van der Waals surface area contributed by atoms with E-state index in [1.165, 1.54) is 7.05 Å². The molecule has 2 aromatic carbocycles. The first-order chi connectivity index (χ1) is 10.4. The number of rotatable bonds is 5. The lowest BCUT2D eigenvalue weighted by Gasteiger charge is -2.25. The number of amides is 1. The first-order valence-electron chi connectivity index (χ1n) is 6.73. The third-order valence-corrected chi connectivity index (χ3v) is 4.55. The summed E-state index contributed by atoms with van der Waals surface area (Å²) in [6.07, 6.45) is 1.08. The van der Waals surface area contributed by atoms with Gasteiger partial charge in [0.25, 0.3) is 0 Å². The first-order valence-corrected chi connectivity index (χ1v) is 8.58. The first kappa shape index (κ1) is 16.2. The second-order valence-electron chi connectivity index (χ2n) is 4.95. The quantitative estimate of drug-likeness (QED) is 0.919. The summed E-state index contributed by atoms with van der Waals surface area (Å²) in [6, 6.07) is 16.8. The van der Waals surface area contributed by atoms with Crippen LogP contribution in [0.5, 0.6) is 0 Å². The SMILES string of the molecule is CN([C@H](C(=O)Nc1ccccc1)c1ccccc1)S(C)(=O)=O. The van der Waals surface area contributed by atoms with Crippen molar-refractivity contribution in [2.45, 2.75) is 6.04 Å². The molecular weight excluding hydrogens is 300 g/mol. The van der Waals surface area contributed by atoms with E-state index in [-0.39, 0.29) is 0 Å². The van der Waals surface area contributed by atoms with E-state index in [0.29, 0.717) is 11.3 Å². The molecule has 0 aliphatic rings. The van der Waals surface area contributed by atoms with Gasteiger partial charge >= 0.3 is 0 Å². The number of carbonyl (C=O) groups excluding carboxylic acids is 1. The predicted octanol–water partition coefficient (Wildman–Crippen LogP) is 2.26. The molecule has 0 spiro atoms. The molecule has 0 aliphatic carbocycles. The Balaban J connectivity index is 2.34. The molecule has 0 radical (unpaired) electrons. The molecule has 5 nitrogen and oxygen atoms in total. The highest BCUT2D eigenvalue weighted by molar-refractivity contribution is 7.88. The lowest BCUT2D eigenvalue weighted by molar-refractivity contribution is -0.119. The third-order valence-electron chi connectivity index (χ3n) is 3.29. The number of anilines is 1. The highest BCUT2D eigenvalue weighted by Gasteiger charge is 2.30. The Morgan fingerprint density at radius 3 is 2.00 bits per heavy atom. The fourth-order valence-electron chi connectivity index (χ4n) is 2.09. The van der Waals surface area contributed by atoms with Gasteiger partial charge in [0, 0.05) is 12.7 Å². The summed E-state index contributed by atoms with van der Waals surface area (Å²) in [5, 5.41) is 2.75. The fourth-order valence-corrected chi connectivity index (χ4v) is 2.69. The van der Waals surface area contributed by atoms with E-state index in [2.05, 4.69) is 5.32 Å². The van der Waals surface area contributed by atoms with Gasteiger partial charge in [-0.25, -0.2) is 8.42 Å². The zero-order valence-corrected chi connectivity index (χ0v) is 13.2. The maximum Gasteiger partial charge on any atom is 0.247 e. The van der Waals surface area contributed by atoms with Crippen LogP contribution >= 0.6 is 0 Å². The van der Waals surface area contributed by atoms with Crippen LogP contribution in [-0.2, 0) is 14.8 Å². The standard InChI is InChI=1S/C16H18N2O3S/c1-18(22(2,20)21)15(13-9-5-3-6-10-13)16(19)17-14-11-7-4-8-12-14/h3-12,15H,1-2H3,(H,17,19)/t15-/m0/s1. The van der Waals surface area contributed by atoms with Gasteiger partial charge in [0.05, 0.1) is 6.26 Å². The molecule has 6 heteroatoms. The lowest BCUT2D eigenvalue weighted by atomic mass is 10.1. The summed E-state index contributed by atoms with van der Waals surface area (Å²) in [7, 11) is -2.11. The van der Waals surface area contributed by atoms with Gasteiger partial charge in [-0.3, -0.25) is 4.79 Å². The minimum absolute atomic E-state index is 0.398. The molecule has 1 N–H and O–H groups in total. The maximum atomic E-state index is 12.6. The van der Waals surface area contributed by atoms with Crippen molar-refractivity contribution in [2.24, 2.45) is 0 Å². The van der Waals surface area contributed by atoms with E-state index >= 15 is 0 Å². The predicted molar refractivity (Wildman–Crippen MR) is 86.9 cm³/mol. The van der Waals surface area contributed by atoms with Crippen LogP contribution in [0.4, 0.5) is 5.69 Å². The number of carbonyl (C=O) groups is 1. The molecule has 0 saturated carbocycles. The number of hydrogen-bond donors (Lipinski definition) is 1. The van der Waals surface area contributed by atoms with Gasteiger partial charge in [0.15, 0.2) is 0 Å². The molecule has 22 heavy (non-hydrogen) atoms. The van der Waals surface area contributed by atoms with Crippen molar-refractivity contribution < 1.29 is 13.2 Å². The van der Waals surface area contributed by atoms with Crippen molar-refractivity contribution in [3.05, 3.63) is 66.2 Å². The van der Waals surface area contributed by atoms with Crippen molar-refractivity contribution in [2.75, 3.05) is 18.6 Å². The Morgan fingerprint density at radius 1 is 1.00 bits per heavy atom. The summed E-state index contributed by atoms with van der Waals surface area (Å²) in [6.45, 7) is 0. The molecule has 0 aliphatic heterocycles. The average Bonchev–Trinajstić information content (AvgIpc) is 2.48. The van der Waals surface area contributed by atoms with Gasteiger partial charge in [-0.05, 0) is 17.7 Å². The Hall–Kier alpha value is -2.18. The zero-order valence-electron chi connectivity index (χ0n) is 12.4. The molecular formula is C16H18N2O3S. The van der Waals surface area contributed by atoms with Crippen LogP contribution < -0.4 is 5.32 Å². The normalized spacial score (nSPS) is 12.9. The molecule has 0 saturated heterocycles. The van der Waals surface area contributed by atoms with Crippen LogP contribution in [0.1, 0.15) is 11.6 Å². The van der Waals surface area contributed by atoms with Crippen LogP contribution in [0.25, 0.3) is 0 Å². The molecule has 116 valence electrons. The number of para-hydroxylation sites is 1. The van der Waals surface area contributed by atoms with Crippen LogP contribution in [-0.4, -0.2) is 31.9 Å². The average molecular weight is 318 g/mol. The van der Waals surface area contributed by atoms with Crippen molar-refractivity contribution >= 4 is 21.6 Å². The van der Waals surface area contributed by atoms with Gasteiger partial charge in [0.1, 0.15) is 6.04 Å². The summed E-state index contributed by atoms with van der Waals surface area (Å²) in [5.74, 6) is -0.398. The van der Waals surface area contributed by atoms with Crippen LogP contribution in [0.2, 0.25) is 0 Å². The highest BCUT2D eigenvalue weighted by atomic mass is 32.2. The second-order valence-corrected chi connectivity index (χ2v) is 6.99. The number of nitrogens with one attached hydrogen (secondary N) is 1. The highest BCUT2D eigenvalue weighted by Crippen LogP contribution is 2.23. The Kier molecular flexibility index (Phi) is 4.95. The van der Waals surface area contributed by atoms with Crippen molar-refractivity contribution in [3.63, 3.8) is 0 Å². The van der Waals surface area contributed by atoms with Crippen molar-refractivity contribution in [3.8, 4) is 0 Å². The van der Waals surface area contributed by atoms with Crippen molar-refractivity contribution in [1.82, 2.24) is 4.31 Å². The van der Waals surface area contributed by atoms with Crippen molar-refractivity contribution in [1.29, 1.82) is 0 Å². The molecule has 1 amide bonds. The lowest BCUT2D eigenvalue weighted by Crippen LogP contribution is -2.38. The molecule has 2 rings (SSSR count). The largest absolute Gasteiger partial charge is 0.324 e. The van der Waals surface area contributed by atoms with Gasteiger partial charge in [-0.15, -0.1) is 0 Å². The Bertz CT molecular complexity index is 731. The van der Waals surface area contributed by atoms with E-state index in [1.807, 2.05) is 12.1 Å². The van der Waals surface area contributed by atoms with E-state index < -0.39 is 22.0 Å². The summed E-state index contributed by atoms with van der Waals surface area (Å²) in [4.78, 5) is 12.6. The number of benzene rings is 2. The third kappa shape index (κ3) is 3.93. The molecule has 0 bridgehead atoms. The molecule has 0 fully saturated rings. The summed E-state index contributed by atoms with van der Waals surface area (Å²) >= 11 is 0.